The number of fused-ring (bicyclic) bond motifs is 3. The maximum atomic E-state index is 10.8. The molecule has 3 heteroatoms. The zero-order chi connectivity index (χ0) is 17.8. The monoisotopic (exact) mass is 447 g/mol. The third-order valence-electron chi connectivity index (χ3n) is 4.72. The van der Waals surface area contributed by atoms with Crippen LogP contribution in [0.5, 0.6) is 0 Å². The van der Waals surface area contributed by atoms with Gasteiger partial charge in [0.2, 0.25) is 0 Å². The summed E-state index contributed by atoms with van der Waals surface area (Å²) in [5, 5.41) is 14.2. The molecule has 0 bridgehead atoms. The van der Waals surface area contributed by atoms with E-state index < -0.39 is 0 Å². The molecule has 2 N–H and O–H groups in total. The van der Waals surface area contributed by atoms with E-state index in [1.54, 1.807) is 0 Å². The number of benzene rings is 2. The second-order valence-corrected chi connectivity index (χ2v) is 7.92. The van der Waals surface area contributed by atoms with Crippen LogP contribution >= 0.6 is 22.6 Å². The fraction of sp³-hybridized carbons (Fsp3) is 0.364. The van der Waals surface area contributed by atoms with Gasteiger partial charge in [-0.05, 0) is 88.3 Å². The minimum atomic E-state index is 0.447. The quantitative estimate of drug-likeness (QED) is 0.267. The number of unbranched alkanes of at least 4 members (excludes halogenated alkanes) is 1. The van der Waals surface area contributed by atoms with Crippen LogP contribution in [0.15, 0.2) is 42.2 Å². The summed E-state index contributed by atoms with van der Waals surface area (Å²) >= 11 is 2.35. The van der Waals surface area contributed by atoms with Crippen LogP contribution in [-0.2, 0) is 6.42 Å². The molecule has 3 rings (SSSR count). The van der Waals surface area contributed by atoms with Gasteiger partial charge in [0.15, 0.2) is 0 Å². The Kier molecular flexibility index (Phi) is 6.18. The van der Waals surface area contributed by atoms with Crippen LogP contribution in [0.3, 0.4) is 0 Å². The highest BCUT2D eigenvalue weighted by Crippen LogP contribution is 2.46. The molecule has 1 aliphatic rings. The number of halogens is 1. The average molecular weight is 447 g/mol. The zero-order valence-corrected chi connectivity index (χ0v) is 17.2. The lowest BCUT2D eigenvalue weighted by molar-refractivity contribution is 0.392. The molecule has 0 fully saturated rings. The number of hydrogen-bond acceptors (Lipinski definition) is 2. The van der Waals surface area contributed by atoms with Gasteiger partial charge in [0.1, 0.15) is 5.76 Å². The van der Waals surface area contributed by atoms with Crippen molar-refractivity contribution in [3.63, 3.8) is 0 Å². The summed E-state index contributed by atoms with van der Waals surface area (Å²) in [5.41, 5.74) is 7.17. The SMILES string of the molecule is CCCCc1ccc2c(c1)/C(=C(\O)CNCCC)c1cc(I)ccc1-2. The maximum Gasteiger partial charge on any atom is 0.114 e. The molecule has 0 aromatic heterocycles. The van der Waals surface area contributed by atoms with Gasteiger partial charge in [-0.1, -0.05) is 44.5 Å². The molecule has 0 unspecified atom stereocenters. The summed E-state index contributed by atoms with van der Waals surface area (Å²) in [6, 6.07) is 13.3. The smallest absolute Gasteiger partial charge is 0.114 e. The van der Waals surface area contributed by atoms with E-state index >= 15 is 0 Å². The first-order valence-corrected chi connectivity index (χ1v) is 10.3. The Morgan fingerprint density at radius 1 is 0.960 bits per heavy atom. The van der Waals surface area contributed by atoms with E-state index in [4.69, 9.17) is 0 Å². The van der Waals surface area contributed by atoms with Gasteiger partial charge in [0.25, 0.3) is 0 Å². The predicted octanol–water partition coefficient (Wildman–Crippen LogP) is 5.93. The van der Waals surface area contributed by atoms with Crippen molar-refractivity contribution in [3.8, 4) is 11.1 Å². The Labute approximate surface area is 164 Å². The van der Waals surface area contributed by atoms with Crippen molar-refractivity contribution in [3.05, 3.63) is 62.4 Å². The van der Waals surface area contributed by atoms with Crippen molar-refractivity contribution in [2.75, 3.05) is 13.1 Å². The number of hydrogen-bond donors (Lipinski definition) is 2. The van der Waals surface area contributed by atoms with Gasteiger partial charge in [-0.2, -0.15) is 0 Å². The van der Waals surface area contributed by atoms with Crippen LogP contribution in [0.4, 0.5) is 0 Å². The highest BCUT2D eigenvalue weighted by molar-refractivity contribution is 14.1. The van der Waals surface area contributed by atoms with E-state index in [0.717, 1.165) is 30.5 Å². The Morgan fingerprint density at radius 2 is 1.68 bits per heavy atom. The van der Waals surface area contributed by atoms with Crippen LogP contribution < -0.4 is 5.32 Å². The highest BCUT2D eigenvalue weighted by Gasteiger charge is 2.26. The molecule has 2 nitrogen and oxygen atoms in total. The molecule has 0 amide bonds. The molecule has 2 aromatic carbocycles. The fourth-order valence-electron chi connectivity index (χ4n) is 3.46. The van der Waals surface area contributed by atoms with E-state index in [0.29, 0.717) is 12.3 Å². The number of rotatable bonds is 7. The predicted molar refractivity (Wildman–Crippen MR) is 115 cm³/mol. The first-order chi connectivity index (χ1) is 12.2. The first kappa shape index (κ1) is 18.5. The molecular weight excluding hydrogens is 421 g/mol. The van der Waals surface area contributed by atoms with E-state index in [2.05, 4.69) is 78.2 Å². The standard InChI is InChI=1S/C22H26INO/c1-3-5-6-15-7-9-17-18-10-8-16(23)13-20(18)22(19(17)12-15)21(25)14-24-11-4-2/h7-10,12-13,24-25H,3-6,11,14H2,1-2H3/b22-21+. The Bertz CT molecular complexity index is 795. The number of nitrogens with one attached hydrogen (secondary N) is 1. The number of aryl methyl sites for hydroxylation is 1. The average Bonchev–Trinajstić information content (AvgIpc) is 2.92. The van der Waals surface area contributed by atoms with Gasteiger partial charge < -0.3 is 10.4 Å². The maximum absolute atomic E-state index is 10.8. The Morgan fingerprint density at radius 3 is 2.40 bits per heavy atom. The summed E-state index contributed by atoms with van der Waals surface area (Å²) in [6.45, 7) is 5.80. The number of aliphatic hydroxyl groups is 1. The van der Waals surface area contributed by atoms with Crippen molar-refractivity contribution in [2.45, 2.75) is 39.5 Å². The van der Waals surface area contributed by atoms with Crippen molar-refractivity contribution in [1.82, 2.24) is 5.32 Å². The molecule has 0 saturated heterocycles. The topological polar surface area (TPSA) is 32.3 Å². The Hall–Kier alpha value is -1.33. The van der Waals surface area contributed by atoms with Gasteiger partial charge in [0, 0.05) is 9.14 Å². The third kappa shape index (κ3) is 3.93. The highest BCUT2D eigenvalue weighted by atomic mass is 127. The third-order valence-corrected chi connectivity index (χ3v) is 5.39. The largest absolute Gasteiger partial charge is 0.510 e. The van der Waals surface area contributed by atoms with Gasteiger partial charge in [0.05, 0.1) is 6.54 Å². The molecule has 0 atom stereocenters. The fourth-order valence-corrected chi connectivity index (χ4v) is 3.95. The van der Waals surface area contributed by atoms with Crippen molar-refractivity contribution in [2.24, 2.45) is 0 Å². The molecule has 25 heavy (non-hydrogen) atoms. The van der Waals surface area contributed by atoms with Crippen LogP contribution in [0.2, 0.25) is 0 Å². The summed E-state index contributed by atoms with van der Waals surface area (Å²) in [7, 11) is 0. The molecule has 132 valence electrons. The summed E-state index contributed by atoms with van der Waals surface area (Å²) in [4.78, 5) is 0. The second kappa shape index (κ2) is 8.37. The molecular formula is C22H26INO. The molecule has 0 spiro atoms. The lowest BCUT2D eigenvalue weighted by Gasteiger charge is -2.10. The normalized spacial score (nSPS) is 14.4. The molecule has 0 saturated carbocycles. The Balaban J connectivity index is 2.07. The lowest BCUT2D eigenvalue weighted by atomic mass is 9.98. The van der Waals surface area contributed by atoms with Gasteiger partial charge in [-0.25, -0.2) is 0 Å². The molecule has 0 aliphatic heterocycles. The minimum Gasteiger partial charge on any atom is -0.510 e. The second-order valence-electron chi connectivity index (χ2n) is 6.67. The van der Waals surface area contributed by atoms with Gasteiger partial charge >= 0.3 is 0 Å². The lowest BCUT2D eigenvalue weighted by Crippen LogP contribution is -2.18. The van der Waals surface area contributed by atoms with Gasteiger partial charge in [-0.15, -0.1) is 0 Å². The van der Waals surface area contributed by atoms with Crippen LogP contribution in [0, 0.1) is 3.57 Å². The molecule has 2 aromatic rings. The molecule has 1 aliphatic carbocycles. The molecule has 0 heterocycles. The summed E-state index contributed by atoms with van der Waals surface area (Å²) in [5.74, 6) is 0.447. The first-order valence-electron chi connectivity index (χ1n) is 9.22. The van der Waals surface area contributed by atoms with E-state index in [-0.39, 0.29) is 0 Å². The van der Waals surface area contributed by atoms with E-state index in [1.807, 2.05) is 0 Å². The van der Waals surface area contributed by atoms with Gasteiger partial charge in [-0.3, -0.25) is 0 Å². The van der Waals surface area contributed by atoms with Crippen molar-refractivity contribution in [1.29, 1.82) is 0 Å². The minimum absolute atomic E-state index is 0.447. The number of aliphatic hydroxyl groups excluding tert-OH is 1. The van der Waals surface area contributed by atoms with Crippen LogP contribution in [0.1, 0.15) is 49.8 Å². The van der Waals surface area contributed by atoms with Crippen LogP contribution in [0.25, 0.3) is 16.7 Å². The van der Waals surface area contributed by atoms with Crippen molar-refractivity contribution >= 4 is 28.2 Å². The van der Waals surface area contributed by atoms with Crippen LogP contribution in [-0.4, -0.2) is 18.2 Å². The van der Waals surface area contributed by atoms with E-state index in [9.17, 15) is 5.11 Å². The molecule has 0 radical (unpaired) electrons. The van der Waals surface area contributed by atoms with Crippen molar-refractivity contribution < 1.29 is 5.11 Å². The van der Waals surface area contributed by atoms with E-state index in [1.165, 1.54) is 38.7 Å². The summed E-state index contributed by atoms with van der Waals surface area (Å²) in [6.07, 6.45) is 4.56. The zero-order valence-electron chi connectivity index (χ0n) is 15.0. The summed E-state index contributed by atoms with van der Waals surface area (Å²) < 4.78 is 1.20.